The van der Waals surface area contributed by atoms with Crippen molar-refractivity contribution in [2.45, 2.75) is 58.5 Å². The molecule has 5 heteroatoms. The first-order valence-electron chi connectivity index (χ1n) is 8.30. The Kier molecular flexibility index (Phi) is 6.57. The van der Waals surface area contributed by atoms with Gasteiger partial charge in [-0.3, -0.25) is 9.67 Å². The molecule has 1 aliphatic carbocycles. The molecular formula is C16H29N5. The summed E-state index contributed by atoms with van der Waals surface area (Å²) in [5, 5.41) is 11.2. The third-order valence-corrected chi connectivity index (χ3v) is 3.91. The fourth-order valence-electron chi connectivity index (χ4n) is 2.79. The molecule has 0 saturated heterocycles. The van der Waals surface area contributed by atoms with E-state index in [0.29, 0.717) is 12.0 Å². The Morgan fingerprint density at radius 3 is 2.86 bits per heavy atom. The summed E-state index contributed by atoms with van der Waals surface area (Å²) in [7, 11) is 0. The van der Waals surface area contributed by atoms with Crippen LogP contribution in [0.5, 0.6) is 0 Å². The summed E-state index contributed by atoms with van der Waals surface area (Å²) < 4.78 is 1.97. The molecule has 118 valence electrons. The van der Waals surface area contributed by atoms with E-state index < -0.39 is 0 Å². The Morgan fingerprint density at radius 2 is 2.19 bits per heavy atom. The second kappa shape index (κ2) is 8.70. The summed E-state index contributed by atoms with van der Waals surface area (Å²) in [6.45, 7) is 6.98. The summed E-state index contributed by atoms with van der Waals surface area (Å²) >= 11 is 0. The zero-order valence-corrected chi connectivity index (χ0v) is 13.4. The molecule has 2 rings (SSSR count). The highest BCUT2D eigenvalue weighted by atomic mass is 15.3. The van der Waals surface area contributed by atoms with Gasteiger partial charge in [-0.1, -0.05) is 26.2 Å². The van der Waals surface area contributed by atoms with Gasteiger partial charge in [0.05, 0.1) is 0 Å². The van der Waals surface area contributed by atoms with Crippen molar-refractivity contribution in [3.05, 3.63) is 18.5 Å². The maximum absolute atomic E-state index is 4.74. The normalized spacial score (nSPS) is 18.5. The van der Waals surface area contributed by atoms with Crippen molar-refractivity contribution in [3.63, 3.8) is 0 Å². The highest BCUT2D eigenvalue weighted by molar-refractivity contribution is 5.80. The van der Waals surface area contributed by atoms with Crippen LogP contribution < -0.4 is 10.6 Å². The lowest BCUT2D eigenvalue weighted by Crippen LogP contribution is -2.44. The van der Waals surface area contributed by atoms with E-state index in [9.17, 15) is 0 Å². The van der Waals surface area contributed by atoms with Crippen LogP contribution >= 0.6 is 0 Å². The quantitative estimate of drug-likeness (QED) is 0.625. The largest absolute Gasteiger partial charge is 0.357 e. The van der Waals surface area contributed by atoms with E-state index in [1.807, 2.05) is 23.1 Å². The van der Waals surface area contributed by atoms with Crippen molar-refractivity contribution in [2.75, 3.05) is 13.1 Å². The minimum Gasteiger partial charge on any atom is -0.357 e. The molecule has 5 nitrogen and oxygen atoms in total. The Bertz CT molecular complexity index is 406. The maximum Gasteiger partial charge on any atom is 0.191 e. The fourth-order valence-corrected chi connectivity index (χ4v) is 2.79. The number of guanidine groups is 1. The minimum absolute atomic E-state index is 0.478. The van der Waals surface area contributed by atoms with Gasteiger partial charge in [0.1, 0.15) is 0 Å². The molecule has 1 atom stereocenters. The van der Waals surface area contributed by atoms with Gasteiger partial charge >= 0.3 is 0 Å². The topological polar surface area (TPSA) is 54.2 Å². The zero-order chi connectivity index (χ0) is 14.9. The van der Waals surface area contributed by atoms with Crippen LogP contribution in [0.4, 0.5) is 0 Å². The van der Waals surface area contributed by atoms with Gasteiger partial charge in [-0.2, -0.15) is 5.10 Å². The molecule has 1 aromatic rings. The van der Waals surface area contributed by atoms with Crippen LogP contribution in [0.1, 0.15) is 46.0 Å². The van der Waals surface area contributed by atoms with Gasteiger partial charge in [-0.05, 0) is 31.7 Å². The number of rotatable bonds is 6. The van der Waals surface area contributed by atoms with Gasteiger partial charge in [0.2, 0.25) is 0 Å². The van der Waals surface area contributed by atoms with Crippen LogP contribution in [0.3, 0.4) is 0 Å². The molecule has 0 aromatic carbocycles. The molecule has 1 saturated carbocycles. The number of aliphatic imine (C=N–C) groups is 1. The Balaban J connectivity index is 1.81. The molecule has 0 amide bonds. The Labute approximate surface area is 128 Å². The van der Waals surface area contributed by atoms with Gasteiger partial charge in [0.15, 0.2) is 5.96 Å². The van der Waals surface area contributed by atoms with E-state index in [0.717, 1.165) is 25.6 Å². The summed E-state index contributed by atoms with van der Waals surface area (Å²) in [4.78, 5) is 4.74. The van der Waals surface area contributed by atoms with Crippen molar-refractivity contribution < 1.29 is 0 Å². The Hall–Kier alpha value is -1.52. The van der Waals surface area contributed by atoms with Crippen LogP contribution in [-0.2, 0) is 6.54 Å². The van der Waals surface area contributed by atoms with Crippen LogP contribution in [0.2, 0.25) is 0 Å². The lowest BCUT2D eigenvalue weighted by Gasteiger charge is -2.25. The predicted octanol–water partition coefficient (Wildman–Crippen LogP) is 2.41. The first kappa shape index (κ1) is 15.9. The zero-order valence-electron chi connectivity index (χ0n) is 13.4. The monoisotopic (exact) mass is 291 g/mol. The van der Waals surface area contributed by atoms with E-state index in [4.69, 9.17) is 4.99 Å². The second-order valence-electron chi connectivity index (χ2n) is 6.03. The van der Waals surface area contributed by atoms with Gasteiger partial charge in [0, 0.05) is 38.1 Å². The van der Waals surface area contributed by atoms with Crippen LogP contribution in [0, 0.1) is 5.92 Å². The number of nitrogens with one attached hydrogen (secondary N) is 2. The van der Waals surface area contributed by atoms with Crippen molar-refractivity contribution in [3.8, 4) is 0 Å². The molecular weight excluding hydrogens is 262 g/mol. The average Bonchev–Trinajstić information content (AvgIpc) is 2.99. The van der Waals surface area contributed by atoms with E-state index in [1.54, 1.807) is 0 Å². The first-order valence-corrected chi connectivity index (χ1v) is 8.30. The second-order valence-corrected chi connectivity index (χ2v) is 6.03. The predicted molar refractivity (Wildman–Crippen MR) is 87.4 cm³/mol. The highest BCUT2D eigenvalue weighted by Gasteiger charge is 2.14. The summed E-state index contributed by atoms with van der Waals surface area (Å²) in [6, 6.07) is 2.56. The summed E-state index contributed by atoms with van der Waals surface area (Å²) in [5.74, 6) is 1.45. The molecule has 2 N–H and O–H groups in total. The third-order valence-electron chi connectivity index (χ3n) is 3.91. The molecule has 0 aliphatic heterocycles. The lowest BCUT2D eigenvalue weighted by atomic mass is 9.96. The lowest BCUT2D eigenvalue weighted by molar-refractivity contribution is 0.408. The number of hydrogen-bond acceptors (Lipinski definition) is 2. The molecule has 0 radical (unpaired) electrons. The van der Waals surface area contributed by atoms with Gasteiger partial charge < -0.3 is 10.6 Å². The average molecular weight is 291 g/mol. The number of aromatic nitrogens is 2. The summed E-state index contributed by atoms with van der Waals surface area (Å²) in [5.41, 5.74) is 0. The van der Waals surface area contributed by atoms with E-state index >= 15 is 0 Å². The Morgan fingerprint density at radius 1 is 1.38 bits per heavy atom. The fraction of sp³-hybridized carbons (Fsp3) is 0.750. The number of hydrogen-bond donors (Lipinski definition) is 2. The smallest absolute Gasteiger partial charge is 0.191 e. The van der Waals surface area contributed by atoms with Crippen molar-refractivity contribution in [1.82, 2.24) is 20.4 Å². The molecule has 1 aliphatic rings. The van der Waals surface area contributed by atoms with Gasteiger partial charge in [-0.25, -0.2) is 0 Å². The molecule has 1 heterocycles. The van der Waals surface area contributed by atoms with Crippen LogP contribution in [-0.4, -0.2) is 34.9 Å². The molecule has 1 aromatic heterocycles. The van der Waals surface area contributed by atoms with Crippen LogP contribution in [0.15, 0.2) is 23.5 Å². The third kappa shape index (κ3) is 5.78. The highest BCUT2D eigenvalue weighted by Crippen LogP contribution is 2.17. The first-order chi connectivity index (χ1) is 10.3. The minimum atomic E-state index is 0.478. The molecule has 1 fully saturated rings. The molecule has 1 unspecified atom stereocenters. The van der Waals surface area contributed by atoms with E-state index in [-0.39, 0.29) is 0 Å². The van der Waals surface area contributed by atoms with Gasteiger partial charge in [0.25, 0.3) is 0 Å². The van der Waals surface area contributed by atoms with Crippen LogP contribution in [0.25, 0.3) is 0 Å². The maximum atomic E-state index is 4.74. The van der Waals surface area contributed by atoms with Gasteiger partial charge in [-0.15, -0.1) is 0 Å². The number of nitrogens with zero attached hydrogens (tertiary/aromatic N) is 3. The van der Waals surface area contributed by atoms with E-state index in [1.165, 1.54) is 32.1 Å². The standard InChI is InChI=1S/C16H29N5/c1-3-17-16(20-15-8-5-4-6-9-15)18-12-14(2)13-21-11-7-10-19-21/h7,10-11,14-15H,3-6,8-9,12-13H2,1-2H3,(H2,17,18,20). The molecule has 0 spiro atoms. The van der Waals surface area contributed by atoms with Crippen molar-refractivity contribution in [2.24, 2.45) is 10.9 Å². The van der Waals surface area contributed by atoms with E-state index in [2.05, 4.69) is 29.6 Å². The SMILES string of the molecule is CCNC(=NCC(C)Cn1cccn1)NC1CCCCC1. The molecule has 21 heavy (non-hydrogen) atoms. The van der Waals surface area contributed by atoms with Crippen molar-refractivity contribution in [1.29, 1.82) is 0 Å². The molecule has 0 bridgehead atoms. The summed E-state index contributed by atoms with van der Waals surface area (Å²) in [6.07, 6.45) is 10.4. The van der Waals surface area contributed by atoms with Crippen molar-refractivity contribution >= 4 is 5.96 Å².